The van der Waals surface area contributed by atoms with E-state index >= 15 is 0 Å². The summed E-state index contributed by atoms with van der Waals surface area (Å²) in [6, 6.07) is 0. The molecule has 156 valence electrons. The molecular formula is C20H38N4O3. The van der Waals surface area contributed by atoms with Gasteiger partial charge in [0.1, 0.15) is 5.60 Å². The van der Waals surface area contributed by atoms with Crippen LogP contribution in [0.5, 0.6) is 0 Å². The minimum Gasteiger partial charge on any atom is -0.444 e. The third kappa shape index (κ3) is 7.20. The molecule has 0 spiro atoms. The number of carbonyl (C=O) groups excluding carboxylic acids is 1. The van der Waals surface area contributed by atoms with Gasteiger partial charge < -0.3 is 24.6 Å². The lowest BCUT2D eigenvalue weighted by Gasteiger charge is -2.36. The number of guanidine groups is 1. The lowest BCUT2D eigenvalue weighted by Crippen LogP contribution is -2.49. The Hall–Kier alpha value is -1.50. The molecule has 2 heterocycles. The second-order valence-corrected chi connectivity index (χ2v) is 8.51. The summed E-state index contributed by atoms with van der Waals surface area (Å²) in [7, 11) is 1.84. The maximum absolute atomic E-state index is 12.3. The minimum atomic E-state index is -0.449. The van der Waals surface area contributed by atoms with E-state index in [9.17, 15) is 4.79 Å². The fraction of sp³-hybridized carbons (Fsp3) is 0.900. The number of hydrogen-bond acceptors (Lipinski definition) is 4. The summed E-state index contributed by atoms with van der Waals surface area (Å²) in [4.78, 5) is 20.9. The molecule has 2 fully saturated rings. The van der Waals surface area contributed by atoms with Crippen molar-refractivity contribution in [2.24, 2.45) is 10.9 Å². The van der Waals surface area contributed by atoms with Gasteiger partial charge in [0, 0.05) is 46.4 Å². The Morgan fingerprint density at radius 3 is 2.52 bits per heavy atom. The van der Waals surface area contributed by atoms with Gasteiger partial charge in [-0.05, 0) is 59.3 Å². The lowest BCUT2D eigenvalue weighted by molar-refractivity contribution is 0.0214. The Labute approximate surface area is 164 Å². The van der Waals surface area contributed by atoms with Crippen molar-refractivity contribution in [3.63, 3.8) is 0 Å². The molecule has 0 aliphatic carbocycles. The molecule has 1 unspecified atom stereocenters. The van der Waals surface area contributed by atoms with Gasteiger partial charge in [0.2, 0.25) is 0 Å². The normalized spacial score (nSPS) is 22.0. The van der Waals surface area contributed by atoms with Crippen LogP contribution in [-0.2, 0) is 9.47 Å². The molecule has 0 bridgehead atoms. The number of rotatable bonds is 5. The zero-order valence-electron chi connectivity index (χ0n) is 17.8. The average molecular weight is 383 g/mol. The molecule has 2 rings (SSSR count). The van der Waals surface area contributed by atoms with Gasteiger partial charge >= 0.3 is 6.09 Å². The van der Waals surface area contributed by atoms with Crippen LogP contribution < -0.4 is 5.32 Å². The Morgan fingerprint density at radius 2 is 2.00 bits per heavy atom. The molecule has 0 aromatic carbocycles. The molecule has 7 nitrogen and oxygen atoms in total. The number of aliphatic imine (C=N–C) groups is 1. The number of ether oxygens (including phenoxy) is 2. The number of nitrogens with one attached hydrogen (secondary N) is 1. The first-order valence-electron chi connectivity index (χ1n) is 10.4. The van der Waals surface area contributed by atoms with Gasteiger partial charge in [-0.15, -0.1) is 0 Å². The van der Waals surface area contributed by atoms with Crippen molar-refractivity contribution in [1.82, 2.24) is 15.1 Å². The van der Waals surface area contributed by atoms with E-state index in [1.54, 1.807) is 0 Å². The fourth-order valence-corrected chi connectivity index (χ4v) is 3.64. The van der Waals surface area contributed by atoms with E-state index in [1.807, 2.05) is 39.6 Å². The summed E-state index contributed by atoms with van der Waals surface area (Å²) in [6.07, 6.45) is 4.50. The van der Waals surface area contributed by atoms with Crippen LogP contribution in [0.4, 0.5) is 4.79 Å². The molecule has 2 aliphatic heterocycles. The van der Waals surface area contributed by atoms with Crippen molar-refractivity contribution in [2.75, 3.05) is 46.4 Å². The zero-order valence-corrected chi connectivity index (χ0v) is 17.8. The highest BCUT2D eigenvalue weighted by atomic mass is 16.6. The number of nitrogens with zero attached hydrogens (tertiary/aromatic N) is 3. The molecule has 1 amide bonds. The SMILES string of the molecule is CCN(CC1CCN(C(=NC)NCC2CCCO2)CC1)C(=O)OC(C)(C)C. The molecule has 2 aliphatic rings. The Bertz CT molecular complexity index is 490. The van der Waals surface area contributed by atoms with E-state index in [1.165, 1.54) is 0 Å². The lowest BCUT2D eigenvalue weighted by atomic mass is 9.96. The van der Waals surface area contributed by atoms with Crippen molar-refractivity contribution < 1.29 is 14.3 Å². The number of likely N-dealkylation sites (tertiary alicyclic amines) is 1. The van der Waals surface area contributed by atoms with Crippen molar-refractivity contribution in [3.8, 4) is 0 Å². The van der Waals surface area contributed by atoms with E-state index in [2.05, 4.69) is 15.2 Å². The van der Waals surface area contributed by atoms with Gasteiger partial charge in [-0.25, -0.2) is 4.79 Å². The van der Waals surface area contributed by atoms with Crippen molar-refractivity contribution >= 4 is 12.1 Å². The Balaban J connectivity index is 1.76. The first kappa shape index (κ1) is 21.8. The van der Waals surface area contributed by atoms with Crippen LogP contribution >= 0.6 is 0 Å². The van der Waals surface area contributed by atoms with Crippen LogP contribution in [-0.4, -0.2) is 79.9 Å². The fourth-order valence-electron chi connectivity index (χ4n) is 3.64. The first-order chi connectivity index (χ1) is 12.8. The van der Waals surface area contributed by atoms with Gasteiger partial charge in [0.05, 0.1) is 6.10 Å². The molecule has 2 saturated heterocycles. The van der Waals surface area contributed by atoms with Crippen LogP contribution in [0.3, 0.4) is 0 Å². The van der Waals surface area contributed by atoms with Gasteiger partial charge in [-0.1, -0.05) is 0 Å². The summed E-state index contributed by atoms with van der Waals surface area (Å²) < 4.78 is 11.2. The maximum atomic E-state index is 12.3. The summed E-state index contributed by atoms with van der Waals surface area (Å²) in [5.41, 5.74) is -0.449. The van der Waals surface area contributed by atoms with Crippen LogP contribution in [0, 0.1) is 5.92 Å². The molecule has 1 N–H and O–H groups in total. The summed E-state index contributed by atoms with van der Waals surface area (Å²) in [5.74, 6) is 1.47. The van der Waals surface area contributed by atoms with Crippen LogP contribution in [0.15, 0.2) is 4.99 Å². The third-order valence-electron chi connectivity index (χ3n) is 5.15. The quantitative estimate of drug-likeness (QED) is 0.585. The highest BCUT2D eigenvalue weighted by Crippen LogP contribution is 2.20. The molecule has 27 heavy (non-hydrogen) atoms. The monoisotopic (exact) mass is 382 g/mol. The number of carbonyl (C=O) groups is 1. The van der Waals surface area contributed by atoms with E-state index in [-0.39, 0.29) is 6.09 Å². The molecule has 0 aromatic heterocycles. The third-order valence-corrected chi connectivity index (χ3v) is 5.15. The topological polar surface area (TPSA) is 66.4 Å². The second-order valence-electron chi connectivity index (χ2n) is 8.51. The van der Waals surface area contributed by atoms with Gasteiger partial charge in [-0.2, -0.15) is 0 Å². The Kier molecular flexibility index (Phi) is 8.20. The van der Waals surface area contributed by atoms with Crippen LogP contribution in [0.25, 0.3) is 0 Å². The maximum Gasteiger partial charge on any atom is 0.410 e. The highest BCUT2D eigenvalue weighted by molar-refractivity contribution is 5.80. The van der Waals surface area contributed by atoms with Gasteiger partial charge in [0.25, 0.3) is 0 Å². The van der Waals surface area contributed by atoms with E-state index in [0.29, 0.717) is 18.6 Å². The number of amides is 1. The Morgan fingerprint density at radius 1 is 1.30 bits per heavy atom. The molecule has 0 radical (unpaired) electrons. The molecule has 1 atom stereocenters. The van der Waals surface area contributed by atoms with Crippen molar-refractivity contribution in [1.29, 1.82) is 0 Å². The van der Waals surface area contributed by atoms with E-state index < -0.39 is 5.60 Å². The highest BCUT2D eigenvalue weighted by Gasteiger charge is 2.27. The van der Waals surface area contributed by atoms with Crippen molar-refractivity contribution in [2.45, 2.75) is 65.1 Å². The standard InChI is InChI=1S/C20H38N4O3/c1-6-23(19(25)27-20(2,3)4)15-16-9-11-24(12-10-16)18(21-5)22-14-17-8-7-13-26-17/h16-17H,6-15H2,1-5H3,(H,21,22). The smallest absolute Gasteiger partial charge is 0.410 e. The summed E-state index contributed by atoms with van der Waals surface area (Å²) >= 11 is 0. The van der Waals surface area contributed by atoms with E-state index in [4.69, 9.17) is 9.47 Å². The van der Waals surface area contributed by atoms with Crippen LogP contribution in [0.1, 0.15) is 53.4 Å². The predicted octanol–water partition coefficient (Wildman–Crippen LogP) is 2.71. The molecule has 0 aromatic rings. The van der Waals surface area contributed by atoms with Crippen LogP contribution in [0.2, 0.25) is 0 Å². The van der Waals surface area contributed by atoms with Gasteiger partial charge in [0.15, 0.2) is 5.96 Å². The van der Waals surface area contributed by atoms with Crippen molar-refractivity contribution in [3.05, 3.63) is 0 Å². The average Bonchev–Trinajstić information content (AvgIpc) is 3.13. The molecule has 0 saturated carbocycles. The summed E-state index contributed by atoms with van der Waals surface area (Å²) in [5, 5.41) is 3.46. The first-order valence-corrected chi connectivity index (χ1v) is 10.4. The van der Waals surface area contributed by atoms with Gasteiger partial charge in [-0.3, -0.25) is 4.99 Å². The zero-order chi connectivity index (χ0) is 19.9. The predicted molar refractivity (Wildman–Crippen MR) is 108 cm³/mol. The largest absolute Gasteiger partial charge is 0.444 e. The number of piperidine rings is 1. The second kappa shape index (κ2) is 10.2. The molecular weight excluding hydrogens is 344 g/mol. The molecule has 7 heteroatoms. The number of hydrogen-bond donors (Lipinski definition) is 1. The van der Waals surface area contributed by atoms with E-state index in [0.717, 1.165) is 64.4 Å². The summed E-state index contributed by atoms with van der Waals surface area (Å²) in [6.45, 7) is 12.8. The minimum absolute atomic E-state index is 0.207.